The molecule has 1 N–H and O–H groups in total. The maximum atomic E-state index is 13.1. The summed E-state index contributed by atoms with van der Waals surface area (Å²) < 4.78 is 0. The summed E-state index contributed by atoms with van der Waals surface area (Å²) in [7, 11) is 0. The van der Waals surface area contributed by atoms with Crippen molar-refractivity contribution in [2.75, 3.05) is 0 Å². The summed E-state index contributed by atoms with van der Waals surface area (Å²) in [6.07, 6.45) is 11.7. The summed E-state index contributed by atoms with van der Waals surface area (Å²) in [6, 6.07) is 0.292. The van der Waals surface area contributed by atoms with Crippen molar-refractivity contribution in [2.45, 2.75) is 85.6 Å². The van der Waals surface area contributed by atoms with Crippen LogP contribution in [0.1, 0.15) is 79.6 Å². The maximum Gasteiger partial charge on any atom is 0.243 e. The lowest BCUT2D eigenvalue weighted by atomic mass is 9.47. The Morgan fingerprint density at radius 2 is 1.85 bits per heavy atom. The van der Waals surface area contributed by atoms with E-state index in [-0.39, 0.29) is 28.1 Å². The molecule has 3 saturated carbocycles. The van der Waals surface area contributed by atoms with Crippen LogP contribution in [0.3, 0.4) is 0 Å². The van der Waals surface area contributed by atoms with Crippen molar-refractivity contribution in [2.24, 2.45) is 39.9 Å². The van der Waals surface area contributed by atoms with Crippen molar-refractivity contribution in [3.8, 4) is 0 Å². The first kappa shape index (κ1) is 19.2. The summed E-state index contributed by atoms with van der Waals surface area (Å²) in [5.74, 6) is 2.87. The van der Waals surface area contributed by atoms with Gasteiger partial charge in [0.1, 0.15) is 5.78 Å². The average Bonchev–Trinajstić information content (AvgIpc) is 2.91. The van der Waals surface area contributed by atoms with Gasteiger partial charge < -0.3 is 5.32 Å². The number of hydrogen-bond acceptors (Lipinski definition) is 2. The van der Waals surface area contributed by atoms with E-state index in [2.05, 4.69) is 46.0 Å². The number of nitrogens with one attached hydrogen (secondary N) is 1. The SMILES string of the molecule is CC(C)(C)CC(=O)[C@H]1CC[C@H]2[C@@H]3CC[C@H]4NC(=O)C=C[C@]4(C)[C@H]3CC[C@]12C. The highest BCUT2D eigenvalue weighted by Gasteiger charge is 2.60. The summed E-state index contributed by atoms with van der Waals surface area (Å²) in [5, 5.41) is 3.23. The first-order valence-electron chi connectivity index (χ1n) is 11.1. The van der Waals surface area contributed by atoms with Crippen LogP contribution < -0.4 is 5.32 Å². The highest BCUT2D eigenvalue weighted by molar-refractivity contribution is 5.89. The van der Waals surface area contributed by atoms with Crippen LogP contribution in [0.15, 0.2) is 12.2 Å². The average molecular weight is 372 g/mol. The van der Waals surface area contributed by atoms with E-state index in [1.807, 2.05) is 0 Å². The van der Waals surface area contributed by atoms with Gasteiger partial charge in [-0.15, -0.1) is 0 Å². The van der Waals surface area contributed by atoms with E-state index in [1.54, 1.807) is 6.08 Å². The molecule has 3 heteroatoms. The zero-order valence-corrected chi connectivity index (χ0v) is 17.8. The molecule has 0 radical (unpaired) electrons. The van der Waals surface area contributed by atoms with Gasteiger partial charge in [0, 0.05) is 23.8 Å². The second kappa shape index (κ2) is 6.19. The standard InChI is InChI=1S/C24H37NO2/c1-22(2,3)14-19(26)18-8-7-16-15-6-9-20-24(5,13-11-21(27)25-20)17(15)10-12-23(16,18)4/h11,13,15-18,20H,6-10,12,14H2,1-5H3,(H,25,27)/t15-,16-,17-,18+,20+,23-,24+/m0/s1. The highest BCUT2D eigenvalue weighted by Crippen LogP contribution is 2.65. The van der Waals surface area contributed by atoms with Gasteiger partial charge >= 0.3 is 0 Å². The van der Waals surface area contributed by atoms with Crippen molar-refractivity contribution < 1.29 is 9.59 Å². The summed E-state index contributed by atoms with van der Waals surface area (Å²) >= 11 is 0. The third-order valence-electron chi connectivity index (χ3n) is 8.78. The van der Waals surface area contributed by atoms with E-state index in [0.717, 1.165) is 12.8 Å². The zero-order chi connectivity index (χ0) is 19.6. The molecule has 4 rings (SSSR count). The molecule has 4 aliphatic rings. The number of carbonyl (C=O) groups is 2. The fraction of sp³-hybridized carbons (Fsp3) is 0.833. The molecular weight excluding hydrogens is 334 g/mol. The third-order valence-corrected chi connectivity index (χ3v) is 8.78. The second-order valence-corrected chi connectivity index (χ2v) is 11.6. The summed E-state index contributed by atoms with van der Waals surface area (Å²) in [5.41, 5.74) is 0.360. The number of rotatable bonds is 2. The van der Waals surface area contributed by atoms with E-state index in [9.17, 15) is 9.59 Å². The van der Waals surface area contributed by atoms with Crippen LogP contribution >= 0.6 is 0 Å². The van der Waals surface area contributed by atoms with Crippen LogP contribution in [-0.4, -0.2) is 17.7 Å². The molecule has 0 aromatic carbocycles. The molecule has 1 aliphatic heterocycles. The van der Waals surface area contributed by atoms with Gasteiger partial charge in [0.2, 0.25) is 5.91 Å². The quantitative estimate of drug-likeness (QED) is 0.750. The molecule has 3 nitrogen and oxygen atoms in total. The van der Waals surface area contributed by atoms with Crippen LogP contribution in [-0.2, 0) is 9.59 Å². The lowest BCUT2D eigenvalue weighted by Crippen LogP contribution is -2.59. The van der Waals surface area contributed by atoms with Crippen LogP contribution in [0, 0.1) is 39.9 Å². The maximum absolute atomic E-state index is 13.1. The minimum atomic E-state index is 0.0743. The Morgan fingerprint density at radius 3 is 2.56 bits per heavy atom. The Morgan fingerprint density at radius 1 is 1.11 bits per heavy atom. The number of ketones is 1. The molecule has 0 spiro atoms. The lowest BCUT2D eigenvalue weighted by molar-refractivity contribution is -0.133. The number of amides is 1. The molecule has 0 saturated heterocycles. The molecule has 3 fully saturated rings. The minimum absolute atomic E-state index is 0.0743. The fourth-order valence-electron chi connectivity index (χ4n) is 7.51. The van der Waals surface area contributed by atoms with E-state index < -0.39 is 0 Å². The third kappa shape index (κ3) is 3.00. The fourth-order valence-corrected chi connectivity index (χ4v) is 7.51. The summed E-state index contributed by atoms with van der Waals surface area (Å²) in [6.45, 7) is 11.3. The van der Waals surface area contributed by atoms with Crippen LogP contribution in [0.4, 0.5) is 0 Å². The molecule has 7 atom stereocenters. The lowest BCUT2D eigenvalue weighted by Gasteiger charge is -2.58. The van der Waals surface area contributed by atoms with Gasteiger partial charge in [0.25, 0.3) is 0 Å². The Balaban J connectivity index is 1.58. The van der Waals surface area contributed by atoms with E-state index in [1.165, 1.54) is 25.7 Å². The number of fused-ring (bicyclic) bond motifs is 5. The predicted octanol–water partition coefficient (Wildman–Crippen LogP) is 4.91. The molecule has 0 bridgehead atoms. The van der Waals surface area contributed by atoms with Gasteiger partial charge in [0.15, 0.2) is 0 Å². The van der Waals surface area contributed by atoms with E-state index in [0.29, 0.717) is 36.0 Å². The Hall–Kier alpha value is -1.12. The molecule has 1 heterocycles. The van der Waals surface area contributed by atoms with Crippen LogP contribution in [0.25, 0.3) is 0 Å². The molecule has 27 heavy (non-hydrogen) atoms. The Labute approximate surface area is 164 Å². The van der Waals surface area contributed by atoms with Crippen molar-refractivity contribution in [1.29, 1.82) is 0 Å². The number of hydrogen-bond donors (Lipinski definition) is 1. The minimum Gasteiger partial charge on any atom is -0.349 e. The van der Waals surface area contributed by atoms with Crippen LogP contribution in [0.5, 0.6) is 0 Å². The van der Waals surface area contributed by atoms with Crippen molar-refractivity contribution in [3.63, 3.8) is 0 Å². The molecule has 0 aromatic heterocycles. The molecule has 0 aromatic rings. The molecule has 1 amide bonds. The largest absolute Gasteiger partial charge is 0.349 e. The highest BCUT2D eigenvalue weighted by atomic mass is 16.1. The zero-order valence-electron chi connectivity index (χ0n) is 17.8. The van der Waals surface area contributed by atoms with Gasteiger partial charge in [-0.3, -0.25) is 9.59 Å². The Bertz CT molecular complexity index is 674. The first-order chi connectivity index (χ1) is 12.5. The predicted molar refractivity (Wildman–Crippen MR) is 108 cm³/mol. The number of Topliss-reactive ketones (excluding diaryl/α,β-unsaturated/α-hetero) is 1. The summed E-state index contributed by atoms with van der Waals surface area (Å²) in [4.78, 5) is 25.0. The van der Waals surface area contributed by atoms with Crippen molar-refractivity contribution >= 4 is 11.7 Å². The normalized spacial score (nSPS) is 46.3. The van der Waals surface area contributed by atoms with Gasteiger partial charge in [0.05, 0.1) is 0 Å². The molecular formula is C24H37NO2. The van der Waals surface area contributed by atoms with Gasteiger partial charge in [-0.05, 0) is 73.2 Å². The van der Waals surface area contributed by atoms with Crippen molar-refractivity contribution in [3.05, 3.63) is 12.2 Å². The molecule has 150 valence electrons. The smallest absolute Gasteiger partial charge is 0.243 e. The van der Waals surface area contributed by atoms with Crippen LogP contribution in [0.2, 0.25) is 0 Å². The first-order valence-corrected chi connectivity index (χ1v) is 11.1. The Kier molecular flexibility index (Phi) is 4.40. The van der Waals surface area contributed by atoms with E-state index in [4.69, 9.17) is 0 Å². The van der Waals surface area contributed by atoms with Crippen molar-refractivity contribution in [1.82, 2.24) is 5.32 Å². The van der Waals surface area contributed by atoms with E-state index >= 15 is 0 Å². The molecule has 0 unspecified atom stereocenters. The van der Waals surface area contributed by atoms with Gasteiger partial charge in [-0.1, -0.05) is 40.7 Å². The monoisotopic (exact) mass is 371 g/mol. The number of carbonyl (C=O) groups excluding carboxylic acids is 2. The topological polar surface area (TPSA) is 46.2 Å². The van der Waals surface area contributed by atoms with Gasteiger partial charge in [-0.25, -0.2) is 0 Å². The van der Waals surface area contributed by atoms with Gasteiger partial charge in [-0.2, -0.15) is 0 Å². The second-order valence-electron chi connectivity index (χ2n) is 11.6. The molecule has 3 aliphatic carbocycles.